The van der Waals surface area contributed by atoms with Gasteiger partial charge in [-0.25, -0.2) is 0 Å². The van der Waals surface area contributed by atoms with Crippen LogP contribution in [0.1, 0.15) is 12.0 Å². The highest BCUT2D eigenvalue weighted by atomic mass is 35.5. The minimum atomic E-state index is -0.261. The van der Waals surface area contributed by atoms with Crippen LogP contribution < -0.4 is 4.74 Å². The van der Waals surface area contributed by atoms with Crippen LogP contribution in [0.25, 0.3) is 0 Å². The molecule has 1 aromatic rings. The molecule has 3 nitrogen and oxygen atoms in total. The zero-order valence-electron chi connectivity index (χ0n) is 9.05. The van der Waals surface area contributed by atoms with Gasteiger partial charge in [0.05, 0.1) is 24.3 Å². The summed E-state index contributed by atoms with van der Waals surface area (Å²) in [7, 11) is 2.86. The molecule has 0 unspecified atom stereocenters. The van der Waals surface area contributed by atoms with Crippen molar-refractivity contribution < 1.29 is 14.3 Å². The number of halogens is 2. The summed E-state index contributed by atoms with van der Waals surface area (Å²) < 4.78 is 9.57. The van der Waals surface area contributed by atoms with E-state index in [0.29, 0.717) is 28.6 Å². The van der Waals surface area contributed by atoms with Gasteiger partial charge in [-0.3, -0.25) is 4.79 Å². The molecule has 1 aromatic carbocycles. The molecular formula is C11H12Cl2O3. The van der Waals surface area contributed by atoms with Crippen LogP contribution in [-0.2, 0) is 16.0 Å². The number of benzene rings is 1. The van der Waals surface area contributed by atoms with Crippen LogP contribution in [0, 0.1) is 0 Å². The van der Waals surface area contributed by atoms with Crippen LogP contribution in [0.2, 0.25) is 10.0 Å². The summed E-state index contributed by atoms with van der Waals surface area (Å²) >= 11 is 11.9. The van der Waals surface area contributed by atoms with Gasteiger partial charge in [0.1, 0.15) is 0 Å². The van der Waals surface area contributed by atoms with Gasteiger partial charge in [-0.2, -0.15) is 0 Å². The maximum Gasteiger partial charge on any atom is 0.305 e. The predicted molar refractivity (Wildman–Crippen MR) is 63.4 cm³/mol. The molecule has 0 spiro atoms. The lowest BCUT2D eigenvalue weighted by Gasteiger charge is -2.08. The Bertz CT molecular complexity index is 368. The van der Waals surface area contributed by atoms with E-state index in [1.54, 1.807) is 12.1 Å². The average molecular weight is 263 g/mol. The Kier molecular flexibility index (Phi) is 4.90. The van der Waals surface area contributed by atoms with Crippen LogP contribution in [-0.4, -0.2) is 20.2 Å². The molecule has 88 valence electrons. The number of hydrogen-bond acceptors (Lipinski definition) is 3. The van der Waals surface area contributed by atoms with Crippen molar-refractivity contribution >= 4 is 29.2 Å². The van der Waals surface area contributed by atoms with Gasteiger partial charge >= 0.3 is 5.97 Å². The van der Waals surface area contributed by atoms with Gasteiger partial charge in [0.25, 0.3) is 0 Å². The van der Waals surface area contributed by atoms with E-state index in [1.807, 2.05) is 0 Å². The lowest BCUT2D eigenvalue weighted by atomic mass is 10.1. The summed E-state index contributed by atoms with van der Waals surface area (Å²) in [5.41, 5.74) is 0.876. The fraction of sp³-hybridized carbons (Fsp3) is 0.364. The van der Waals surface area contributed by atoms with E-state index < -0.39 is 0 Å². The summed E-state index contributed by atoms with van der Waals surface area (Å²) in [6, 6.07) is 3.46. The average Bonchev–Trinajstić information content (AvgIpc) is 2.25. The van der Waals surface area contributed by atoms with E-state index in [1.165, 1.54) is 14.2 Å². The number of hydrogen-bond donors (Lipinski definition) is 0. The number of esters is 1. The zero-order chi connectivity index (χ0) is 12.1. The molecular weight excluding hydrogens is 251 g/mol. The van der Waals surface area contributed by atoms with E-state index in [4.69, 9.17) is 27.9 Å². The quantitative estimate of drug-likeness (QED) is 0.783. The molecule has 0 amide bonds. The van der Waals surface area contributed by atoms with Gasteiger partial charge in [0.2, 0.25) is 0 Å². The largest absolute Gasteiger partial charge is 0.494 e. The molecule has 0 fully saturated rings. The van der Waals surface area contributed by atoms with E-state index in [2.05, 4.69) is 4.74 Å². The highest BCUT2D eigenvalue weighted by molar-refractivity contribution is 6.37. The molecule has 0 aliphatic carbocycles. The first-order valence-corrected chi connectivity index (χ1v) is 5.42. The van der Waals surface area contributed by atoms with Crippen molar-refractivity contribution in [1.29, 1.82) is 0 Å². The third-order valence-corrected chi connectivity index (χ3v) is 2.67. The van der Waals surface area contributed by atoms with Gasteiger partial charge in [0.15, 0.2) is 5.75 Å². The van der Waals surface area contributed by atoms with Crippen molar-refractivity contribution in [2.45, 2.75) is 12.8 Å². The fourth-order valence-electron chi connectivity index (χ4n) is 1.30. The second-order valence-corrected chi connectivity index (χ2v) is 3.98. The van der Waals surface area contributed by atoms with Crippen LogP contribution in [0.15, 0.2) is 12.1 Å². The van der Waals surface area contributed by atoms with Crippen LogP contribution in [0.3, 0.4) is 0 Å². The Morgan fingerprint density at radius 2 is 1.81 bits per heavy atom. The molecule has 0 saturated heterocycles. The standard InChI is InChI=1S/C11H12Cl2O3/c1-15-10(14)4-3-7-5-8(12)11(16-2)9(13)6-7/h5-6H,3-4H2,1-2H3. The van der Waals surface area contributed by atoms with Gasteiger partial charge < -0.3 is 9.47 Å². The van der Waals surface area contributed by atoms with E-state index in [0.717, 1.165) is 5.56 Å². The van der Waals surface area contributed by atoms with Crippen LogP contribution >= 0.6 is 23.2 Å². The van der Waals surface area contributed by atoms with Crippen LogP contribution in [0.5, 0.6) is 5.75 Å². The molecule has 0 bridgehead atoms. The van der Waals surface area contributed by atoms with Crippen LogP contribution in [0.4, 0.5) is 0 Å². The maximum absolute atomic E-state index is 11.0. The topological polar surface area (TPSA) is 35.5 Å². The summed E-state index contributed by atoms with van der Waals surface area (Å²) in [4.78, 5) is 11.0. The molecule has 16 heavy (non-hydrogen) atoms. The molecule has 0 atom stereocenters. The molecule has 0 radical (unpaired) electrons. The second kappa shape index (κ2) is 5.97. The first-order valence-electron chi connectivity index (χ1n) is 4.67. The van der Waals surface area contributed by atoms with E-state index in [9.17, 15) is 4.79 Å². The first kappa shape index (κ1) is 13.1. The minimum absolute atomic E-state index is 0.261. The number of carbonyl (C=O) groups excluding carboxylic acids is 1. The number of methoxy groups -OCH3 is 2. The molecule has 0 saturated carbocycles. The lowest BCUT2D eigenvalue weighted by Crippen LogP contribution is -2.02. The van der Waals surface area contributed by atoms with Crippen molar-refractivity contribution in [2.75, 3.05) is 14.2 Å². The van der Waals surface area contributed by atoms with Crippen molar-refractivity contribution in [2.24, 2.45) is 0 Å². The van der Waals surface area contributed by atoms with Crippen molar-refractivity contribution in [3.05, 3.63) is 27.7 Å². The molecule has 5 heteroatoms. The van der Waals surface area contributed by atoms with Crippen molar-refractivity contribution in [1.82, 2.24) is 0 Å². The molecule has 0 aliphatic heterocycles. The molecule has 0 N–H and O–H groups in total. The van der Waals surface area contributed by atoms with Gasteiger partial charge in [-0.15, -0.1) is 0 Å². The van der Waals surface area contributed by atoms with E-state index >= 15 is 0 Å². The predicted octanol–water partition coefficient (Wildman–Crippen LogP) is 3.11. The smallest absolute Gasteiger partial charge is 0.305 e. The third-order valence-electron chi connectivity index (χ3n) is 2.11. The second-order valence-electron chi connectivity index (χ2n) is 3.17. The number of aryl methyl sites for hydroxylation is 1. The van der Waals surface area contributed by atoms with Gasteiger partial charge in [-0.1, -0.05) is 23.2 Å². The minimum Gasteiger partial charge on any atom is -0.494 e. The highest BCUT2D eigenvalue weighted by Crippen LogP contribution is 2.34. The number of carbonyl (C=O) groups is 1. The first-order chi connectivity index (χ1) is 7.58. The number of rotatable bonds is 4. The Labute approximate surface area is 104 Å². The Morgan fingerprint density at radius 1 is 1.25 bits per heavy atom. The summed E-state index contributed by atoms with van der Waals surface area (Å²) in [6.07, 6.45) is 0.839. The zero-order valence-corrected chi connectivity index (χ0v) is 10.6. The molecule has 1 rings (SSSR count). The molecule has 0 heterocycles. The SMILES string of the molecule is COC(=O)CCc1cc(Cl)c(OC)c(Cl)c1. The normalized spacial score (nSPS) is 10.0. The molecule has 0 aromatic heterocycles. The maximum atomic E-state index is 11.0. The summed E-state index contributed by atoms with van der Waals surface area (Å²) in [5, 5.41) is 0.879. The summed E-state index contributed by atoms with van der Waals surface area (Å²) in [5.74, 6) is 0.188. The number of ether oxygens (including phenoxy) is 2. The highest BCUT2D eigenvalue weighted by Gasteiger charge is 2.09. The monoisotopic (exact) mass is 262 g/mol. The lowest BCUT2D eigenvalue weighted by molar-refractivity contribution is -0.140. The van der Waals surface area contributed by atoms with Gasteiger partial charge in [-0.05, 0) is 24.1 Å². The van der Waals surface area contributed by atoms with Crippen molar-refractivity contribution in [3.63, 3.8) is 0 Å². The Balaban J connectivity index is 2.79. The molecule has 0 aliphatic rings. The Morgan fingerprint density at radius 3 is 2.25 bits per heavy atom. The Hall–Kier alpha value is -0.930. The third kappa shape index (κ3) is 3.29. The van der Waals surface area contributed by atoms with Gasteiger partial charge in [0, 0.05) is 6.42 Å². The van der Waals surface area contributed by atoms with Crippen molar-refractivity contribution in [3.8, 4) is 5.75 Å². The fourth-order valence-corrected chi connectivity index (χ4v) is 1.99. The summed E-state index contributed by atoms with van der Waals surface area (Å²) in [6.45, 7) is 0. The van der Waals surface area contributed by atoms with E-state index in [-0.39, 0.29) is 5.97 Å².